The number of esters is 2. The van der Waals surface area contributed by atoms with Crippen molar-refractivity contribution < 1.29 is 54.5 Å². The number of carboxylic acids is 1. The highest BCUT2D eigenvalue weighted by atomic mass is 32.2. The molecule has 5 aliphatic rings. The highest BCUT2D eigenvalue weighted by molar-refractivity contribution is 8.00. The van der Waals surface area contributed by atoms with Gasteiger partial charge in [0.2, 0.25) is 0 Å². The average Bonchev–Trinajstić information content (AvgIpc) is 3.43. The van der Waals surface area contributed by atoms with Gasteiger partial charge in [-0.25, -0.2) is 4.79 Å². The Hall–Kier alpha value is -1.74. The number of carbonyl (C=O) groups excluding carboxylic acids is 2. The number of hydrogen-bond donors (Lipinski definition) is 7. The highest BCUT2D eigenvalue weighted by Crippen LogP contribution is 2.70. The van der Waals surface area contributed by atoms with E-state index in [9.17, 15) is 39.9 Å². The Labute approximate surface area is 242 Å². The van der Waals surface area contributed by atoms with Crippen molar-refractivity contribution in [1.29, 1.82) is 0 Å². The van der Waals surface area contributed by atoms with Gasteiger partial charge in [-0.1, -0.05) is 6.92 Å². The van der Waals surface area contributed by atoms with E-state index in [1.165, 1.54) is 6.08 Å². The van der Waals surface area contributed by atoms with E-state index in [-0.39, 0.29) is 49.7 Å². The van der Waals surface area contributed by atoms with Crippen molar-refractivity contribution in [1.82, 2.24) is 0 Å². The van der Waals surface area contributed by atoms with Gasteiger partial charge in [0.05, 0.1) is 41.2 Å². The van der Waals surface area contributed by atoms with E-state index < -0.39 is 82.7 Å². The van der Waals surface area contributed by atoms with Gasteiger partial charge >= 0.3 is 17.9 Å². The first-order valence-corrected chi connectivity index (χ1v) is 15.4. The first-order valence-electron chi connectivity index (χ1n) is 14.3. The maximum absolute atomic E-state index is 12.5. The molecule has 0 radical (unpaired) electrons. The van der Waals surface area contributed by atoms with Gasteiger partial charge < -0.3 is 45.8 Å². The van der Waals surface area contributed by atoms with Crippen molar-refractivity contribution in [3.63, 3.8) is 0 Å². The zero-order chi connectivity index (χ0) is 30.0. The van der Waals surface area contributed by atoms with Gasteiger partial charge in [0.25, 0.3) is 0 Å². The zero-order valence-electron chi connectivity index (χ0n) is 23.1. The number of aliphatic hydroxyl groups excluding tert-OH is 3. The molecule has 0 aromatic rings. The summed E-state index contributed by atoms with van der Waals surface area (Å²) in [6.07, 6.45) is -0.328. The van der Waals surface area contributed by atoms with Gasteiger partial charge in [-0.15, -0.1) is 11.8 Å². The van der Waals surface area contributed by atoms with Crippen LogP contribution in [-0.4, -0.2) is 109 Å². The molecule has 0 aromatic heterocycles. The monoisotopic (exact) mass is 599 g/mol. The van der Waals surface area contributed by atoms with E-state index in [0.29, 0.717) is 19.3 Å². The fraction of sp³-hybridized carbons (Fsp3) is 0.821. The molecule has 11 atom stereocenters. The molecule has 4 fully saturated rings. The molecule has 3 unspecified atom stereocenters. The second-order valence-corrected chi connectivity index (χ2v) is 14.0. The van der Waals surface area contributed by atoms with Crippen LogP contribution in [-0.2, 0) is 23.9 Å². The van der Waals surface area contributed by atoms with Crippen LogP contribution >= 0.6 is 11.8 Å². The highest BCUT2D eigenvalue weighted by Gasteiger charge is 2.75. The van der Waals surface area contributed by atoms with Crippen molar-refractivity contribution in [3.8, 4) is 0 Å². The summed E-state index contributed by atoms with van der Waals surface area (Å²) in [6.45, 7) is 1.45. The van der Waals surface area contributed by atoms with E-state index in [1.807, 2.05) is 6.92 Å². The van der Waals surface area contributed by atoms with Crippen molar-refractivity contribution in [2.45, 2.75) is 87.4 Å². The molecule has 8 N–H and O–H groups in total. The van der Waals surface area contributed by atoms with Crippen LogP contribution in [0, 0.1) is 28.6 Å². The molecule has 13 heteroatoms. The number of aliphatic hydroxyl groups is 5. The number of cyclic esters (lactones) is 1. The molecule has 12 nitrogen and oxygen atoms in total. The SMILES string of the molecule is C[C@]12C[C@@H](O)C3C(CC[C@]4(O)C[C@@H](OC(=O)CSCC(N)C(=O)O)C[C@@H](O)[C@]34CO)[C@@]1(O)CC[C@@H]2C1=CC(=O)OC1. The third-order valence-corrected chi connectivity index (χ3v) is 12.2. The number of thioether (sulfide) groups is 1. The average molecular weight is 600 g/mol. The molecule has 4 saturated carbocycles. The summed E-state index contributed by atoms with van der Waals surface area (Å²) in [5, 5.41) is 67.4. The second-order valence-electron chi connectivity index (χ2n) is 13.0. The van der Waals surface area contributed by atoms with Crippen LogP contribution in [0.15, 0.2) is 11.6 Å². The van der Waals surface area contributed by atoms with Crippen molar-refractivity contribution in [2.24, 2.45) is 34.3 Å². The third kappa shape index (κ3) is 4.63. The maximum Gasteiger partial charge on any atom is 0.331 e. The fourth-order valence-corrected chi connectivity index (χ4v) is 10.1. The number of aliphatic carboxylic acids is 1. The Morgan fingerprint density at radius 1 is 1.22 bits per heavy atom. The minimum absolute atomic E-state index is 0.0134. The number of nitrogens with two attached hydrogens (primary N) is 1. The number of ether oxygens (including phenoxy) is 2. The summed E-state index contributed by atoms with van der Waals surface area (Å²) in [5.41, 5.74) is 0.981. The smallest absolute Gasteiger partial charge is 0.331 e. The standard InChI is InChI=1S/C28H41NO11S/c1-25-9-19(31)23-17(28(25,38)5-3-16(25)14-6-21(33)39-10-14)2-4-26(37)8-15(7-20(32)27(23,26)13-30)40-22(34)12-41-11-18(29)24(35)36/h6,15-20,23,30-32,37-38H,2-5,7-13,29H2,1H3,(H,35,36)/t15-,16+,17?,18?,19+,20+,23?,25+,26-,27+,28-/m0/s1. The molecule has 0 bridgehead atoms. The molecular weight excluding hydrogens is 558 g/mol. The molecule has 41 heavy (non-hydrogen) atoms. The number of rotatable bonds is 8. The quantitative estimate of drug-likeness (QED) is 0.172. The van der Waals surface area contributed by atoms with Crippen LogP contribution < -0.4 is 5.73 Å². The van der Waals surface area contributed by atoms with Gasteiger partial charge in [-0.3, -0.25) is 9.59 Å². The molecular formula is C28H41NO11S. The molecule has 0 spiro atoms. The predicted octanol–water partition coefficient (Wildman–Crippen LogP) is -0.671. The zero-order valence-corrected chi connectivity index (χ0v) is 23.9. The van der Waals surface area contributed by atoms with Gasteiger partial charge in [0.15, 0.2) is 0 Å². The van der Waals surface area contributed by atoms with E-state index in [0.717, 1.165) is 17.3 Å². The van der Waals surface area contributed by atoms with Crippen LogP contribution in [0.2, 0.25) is 0 Å². The normalized spacial score (nSPS) is 46.0. The molecule has 1 heterocycles. The lowest BCUT2D eigenvalue weighted by atomic mass is 9.40. The van der Waals surface area contributed by atoms with Crippen molar-refractivity contribution >= 4 is 29.7 Å². The molecule has 1 aliphatic heterocycles. The first kappa shape index (κ1) is 30.7. The Morgan fingerprint density at radius 2 is 1.95 bits per heavy atom. The van der Waals surface area contributed by atoms with Crippen LogP contribution in [0.4, 0.5) is 0 Å². The van der Waals surface area contributed by atoms with Gasteiger partial charge in [0, 0.05) is 36.0 Å². The first-order chi connectivity index (χ1) is 19.2. The fourth-order valence-electron chi connectivity index (χ4n) is 9.32. The maximum atomic E-state index is 12.5. The lowest BCUT2D eigenvalue weighted by Gasteiger charge is -2.68. The van der Waals surface area contributed by atoms with Crippen molar-refractivity contribution in [2.75, 3.05) is 24.7 Å². The summed E-state index contributed by atoms with van der Waals surface area (Å²) < 4.78 is 10.7. The van der Waals surface area contributed by atoms with Gasteiger partial charge in [-0.05, 0) is 49.5 Å². The molecule has 5 rings (SSSR count). The third-order valence-electron chi connectivity index (χ3n) is 11.2. The van der Waals surface area contributed by atoms with E-state index in [2.05, 4.69) is 0 Å². The number of hydrogen-bond acceptors (Lipinski definition) is 12. The van der Waals surface area contributed by atoms with E-state index >= 15 is 0 Å². The predicted molar refractivity (Wildman–Crippen MR) is 144 cm³/mol. The second kappa shape index (κ2) is 10.8. The van der Waals surface area contributed by atoms with E-state index in [4.69, 9.17) is 20.3 Å². The topological polar surface area (TPSA) is 217 Å². The number of carboxylic acid groups (broad SMARTS) is 1. The molecule has 0 aromatic carbocycles. The molecule has 0 saturated heterocycles. The van der Waals surface area contributed by atoms with Crippen molar-refractivity contribution in [3.05, 3.63) is 11.6 Å². The number of carbonyl (C=O) groups is 3. The Kier molecular flexibility index (Phi) is 8.06. The van der Waals surface area contributed by atoms with Gasteiger partial charge in [0.1, 0.15) is 18.8 Å². The van der Waals surface area contributed by atoms with E-state index in [1.54, 1.807) is 0 Å². The molecule has 4 aliphatic carbocycles. The molecule has 230 valence electrons. The Morgan fingerprint density at radius 3 is 2.59 bits per heavy atom. The largest absolute Gasteiger partial charge is 0.480 e. The minimum Gasteiger partial charge on any atom is -0.480 e. The summed E-state index contributed by atoms with van der Waals surface area (Å²) in [4.78, 5) is 35.2. The Bertz CT molecular complexity index is 1120. The van der Waals surface area contributed by atoms with Crippen LogP contribution in [0.25, 0.3) is 0 Å². The summed E-state index contributed by atoms with van der Waals surface area (Å²) in [6, 6.07) is -1.12. The summed E-state index contributed by atoms with van der Waals surface area (Å²) in [7, 11) is 0. The summed E-state index contributed by atoms with van der Waals surface area (Å²) >= 11 is 1.01. The lowest BCUT2D eigenvalue weighted by molar-refractivity contribution is -0.317. The minimum atomic E-state index is -1.68. The van der Waals surface area contributed by atoms with Crippen LogP contribution in [0.1, 0.15) is 51.9 Å². The molecule has 0 amide bonds. The summed E-state index contributed by atoms with van der Waals surface area (Å²) in [5.74, 6) is -3.90. The van der Waals surface area contributed by atoms with Gasteiger partial charge in [-0.2, -0.15) is 0 Å². The number of fused-ring (bicyclic) bond motifs is 5. The van der Waals surface area contributed by atoms with Crippen LogP contribution in [0.3, 0.4) is 0 Å². The lowest BCUT2D eigenvalue weighted by Crippen LogP contribution is -2.75. The van der Waals surface area contributed by atoms with Crippen LogP contribution in [0.5, 0.6) is 0 Å². The Balaban J connectivity index is 1.36.